The molecule has 0 radical (unpaired) electrons. The van der Waals surface area contributed by atoms with Crippen LogP contribution >= 0.6 is 44.7 Å². The molecule has 10 heteroatoms. The Bertz CT molecular complexity index is 318. The van der Waals surface area contributed by atoms with Crippen LogP contribution in [-0.2, 0) is 17.4 Å². The third-order valence-corrected chi connectivity index (χ3v) is 3.86. The summed E-state index contributed by atoms with van der Waals surface area (Å²) in [5.41, 5.74) is 1.61. The number of aliphatic hydroxyl groups is 1. The Morgan fingerprint density at radius 1 is 1.53 bits per heavy atom. The van der Waals surface area contributed by atoms with Gasteiger partial charge in [0.1, 0.15) is 40.0 Å². The maximum atomic E-state index is 11.3. The van der Waals surface area contributed by atoms with Gasteiger partial charge in [0.25, 0.3) is 0 Å². The van der Waals surface area contributed by atoms with Crippen LogP contribution in [0.5, 0.6) is 0 Å². The molecule has 0 spiro atoms. The fourth-order valence-corrected chi connectivity index (χ4v) is 2.93. The van der Waals surface area contributed by atoms with Crippen molar-refractivity contribution in [3.63, 3.8) is 0 Å². The van der Waals surface area contributed by atoms with Gasteiger partial charge in [0.05, 0.1) is 0 Å². The first-order valence-corrected chi connectivity index (χ1v) is 7.91. The molecule has 0 aromatic carbocycles. The molecule has 1 heterocycles. The van der Waals surface area contributed by atoms with Gasteiger partial charge in [0.15, 0.2) is 12.5 Å². The maximum absolute atomic E-state index is 11.3. The topological polar surface area (TPSA) is 86.3 Å². The second-order valence-corrected chi connectivity index (χ2v) is 6.51. The van der Waals surface area contributed by atoms with Crippen LogP contribution in [0.2, 0.25) is 0 Å². The van der Waals surface area contributed by atoms with Crippen LogP contribution in [0.15, 0.2) is 0 Å². The van der Waals surface area contributed by atoms with E-state index >= 15 is 0 Å². The lowest BCUT2D eigenvalue weighted by Gasteiger charge is -2.20. The van der Waals surface area contributed by atoms with E-state index in [1.807, 2.05) is 0 Å². The number of nitrogens with one attached hydrogen (secondary N) is 1. The van der Waals surface area contributed by atoms with Crippen LogP contribution in [0.1, 0.15) is 20.8 Å². The molecular weight excluding hydrogens is 413 g/mol. The van der Waals surface area contributed by atoms with Crippen LogP contribution in [-0.4, -0.2) is 40.7 Å². The van der Waals surface area contributed by atoms with Gasteiger partial charge in [-0.3, -0.25) is 3.07 Å². The Morgan fingerprint density at radius 3 is 2.58 bits per heavy atom. The molecule has 1 aliphatic rings. The van der Waals surface area contributed by atoms with E-state index in [4.69, 9.17) is 23.2 Å². The fraction of sp³-hybridized carbons (Fsp3) is 0.889. The Labute approximate surface area is 133 Å². The largest absolute Gasteiger partial charge is 0.528 e. The van der Waals surface area contributed by atoms with Crippen LogP contribution in [0.4, 0.5) is 4.79 Å². The summed E-state index contributed by atoms with van der Waals surface area (Å²) < 4.78 is 15.2. The maximum Gasteiger partial charge on any atom is 0.528 e. The van der Waals surface area contributed by atoms with Crippen LogP contribution < -0.4 is 5.48 Å². The molecule has 0 bridgehead atoms. The van der Waals surface area contributed by atoms with Crippen molar-refractivity contribution >= 4 is 50.8 Å². The van der Waals surface area contributed by atoms with E-state index in [1.165, 1.54) is 0 Å². The Kier molecular flexibility index (Phi) is 6.90. The molecule has 1 unspecified atom stereocenters. The number of hydroxylamine groups is 1. The number of carbonyl (C=O) groups is 1. The van der Waals surface area contributed by atoms with Crippen LogP contribution in [0.25, 0.3) is 0 Å². The van der Waals surface area contributed by atoms with Crippen molar-refractivity contribution in [2.45, 2.75) is 50.2 Å². The summed E-state index contributed by atoms with van der Waals surface area (Å²) in [5, 5.41) is 9.39. The quantitative estimate of drug-likeness (QED) is 0.401. The number of hydrogen-bond donors (Lipinski definition) is 2. The van der Waals surface area contributed by atoms with E-state index in [-0.39, 0.29) is 0 Å². The zero-order valence-electron chi connectivity index (χ0n) is 10.5. The molecule has 0 amide bonds. The van der Waals surface area contributed by atoms with E-state index in [9.17, 15) is 9.90 Å². The van der Waals surface area contributed by atoms with E-state index < -0.39 is 35.6 Å². The molecule has 0 aromatic rings. The number of rotatable bonds is 4. The molecule has 2 N–H and O–H groups in total. The fourth-order valence-electron chi connectivity index (χ4n) is 1.28. The Balaban J connectivity index is 2.44. The van der Waals surface area contributed by atoms with E-state index in [0.717, 1.165) is 11.0 Å². The minimum absolute atomic E-state index is 0.502. The summed E-state index contributed by atoms with van der Waals surface area (Å²) in [4.78, 5) is 16.0. The Morgan fingerprint density at radius 2 is 2.16 bits per heavy atom. The summed E-state index contributed by atoms with van der Waals surface area (Å²) in [7, 11) is 6.50. The highest BCUT2D eigenvalue weighted by Crippen LogP contribution is 2.34. The first-order chi connectivity index (χ1) is 8.78. The minimum Gasteiger partial charge on any atom is -0.427 e. The number of halogens is 2. The number of ether oxygens (including phenoxy) is 2. The number of hydrogen-bond acceptors (Lipinski definition) is 8. The van der Waals surface area contributed by atoms with Gasteiger partial charge in [-0.25, -0.2) is 4.79 Å². The normalized spacial score (nSPS) is 31.3. The first-order valence-electron chi connectivity index (χ1n) is 5.32. The molecule has 1 rings (SSSR count). The minimum atomic E-state index is -0.996. The van der Waals surface area contributed by atoms with Gasteiger partial charge < -0.3 is 19.4 Å². The van der Waals surface area contributed by atoms with Gasteiger partial charge in [-0.15, -0.1) is 5.48 Å². The van der Waals surface area contributed by atoms with Crippen LogP contribution in [0, 0.1) is 0 Å². The highest BCUT2D eigenvalue weighted by atomic mass is 127. The predicted molar refractivity (Wildman–Crippen MR) is 77.5 cm³/mol. The monoisotopic (exact) mass is 427 g/mol. The van der Waals surface area contributed by atoms with Crippen molar-refractivity contribution in [2.24, 2.45) is 0 Å². The molecule has 1 aliphatic heterocycles. The van der Waals surface area contributed by atoms with Gasteiger partial charge in [0, 0.05) is 0 Å². The molecule has 112 valence electrons. The lowest BCUT2D eigenvalue weighted by atomic mass is 10.2. The van der Waals surface area contributed by atoms with Crippen molar-refractivity contribution in [1.82, 2.24) is 5.48 Å². The molecule has 7 nitrogen and oxygen atoms in total. The van der Waals surface area contributed by atoms with Gasteiger partial charge in [-0.2, -0.15) is 0 Å². The third-order valence-electron chi connectivity index (χ3n) is 2.03. The summed E-state index contributed by atoms with van der Waals surface area (Å²) in [6, 6.07) is 0. The molecule has 4 atom stereocenters. The highest BCUT2D eigenvalue weighted by Gasteiger charge is 2.45. The van der Waals surface area contributed by atoms with Gasteiger partial charge in [-0.05, 0) is 42.4 Å². The lowest BCUT2D eigenvalue weighted by molar-refractivity contribution is -0.132. The summed E-state index contributed by atoms with van der Waals surface area (Å²) in [6.45, 7) is 5.11. The molecule has 0 aromatic heterocycles. The van der Waals surface area contributed by atoms with E-state index in [0.29, 0.717) is 0 Å². The third kappa shape index (κ3) is 5.40. The summed E-state index contributed by atoms with van der Waals surface area (Å²) in [6.07, 6.45) is -3.57. The smallest absolute Gasteiger partial charge is 0.427 e. The zero-order chi connectivity index (χ0) is 14.6. The van der Waals surface area contributed by atoms with Gasteiger partial charge in [0.2, 0.25) is 0 Å². The van der Waals surface area contributed by atoms with Crippen molar-refractivity contribution < 1.29 is 27.3 Å². The van der Waals surface area contributed by atoms with Gasteiger partial charge in [-0.1, -0.05) is 0 Å². The first kappa shape index (κ1) is 17.5. The SMILES string of the molecule is CC(C)(C)OC(=O)ONC1O[C@H](OI)[C@@H](SCl)[C@@H]1O. The standard InChI is InChI=1S/C9H15ClINO6S/c1-9(2,3)16-8(14)18-12-6-4(13)5(19-10)7(15-6)17-11/h4-7,12-13H,1-3H3/t4-,5-,6?,7+/m0/s1. The summed E-state index contributed by atoms with van der Waals surface area (Å²) in [5.74, 6) is 0. The van der Waals surface area contributed by atoms with Gasteiger partial charge >= 0.3 is 6.16 Å². The lowest BCUT2D eigenvalue weighted by Crippen LogP contribution is -2.41. The second kappa shape index (κ2) is 7.48. The second-order valence-electron chi connectivity index (χ2n) is 4.74. The van der Waals surface area contributed by atoms with Crippen molar-refractivity contribution in [3.05, 3.63) is 0 Å². The van der Waals surface area contributed by atoms with Crippen molar-refractivity contribution in [3.8, 4) is 0 Å². The molecule has 1 saturated heterocycles. The molecular formula is C9H15ClINO6S. The van der Waals surface area contributed by atoms with E-state index in [1.54, 1.807) is 43.8 Å². The number of carbonyl (C=O) groups excluding carboxylic acids is 1. The average Bonchev–Trinajstić information content (AvgIpc) is 2.60. The molecule has 0 aliphatic carbocycles. The average molecular weight is 428 g/mol. The van der Waals surface area contributed by atoms with Crippen molar-refractivity contribution in [1.29, 1.82) is 0 Å². The van der Waals surface area contributed by atoms with Crippen molar-refractivity contribution in [2.75, 3.05) is 0 Å². The molecule has 19 heavy (non-hydrogen) atoms. The van der Waals surface area contributed by atoms with E-state index in [2.05, 4.69) is 10.3 Å². The summed E-state index contributed by atoms with van der Waals surface area (Å²) >= 11 is 1.64. The zero-order valence-corrected chi connectivity index (χ0v) is 14.2. The predicted octanol–water partition coefficient (Wildman–Crippen LogP) is 2.11. The highest BCUT2D eigenvalue weighted by molar-refractivity contribution is 14.1. The Hall–Kier alpha value is 0.480. The van der Waals surface area contributed by atoms with Crippen LogP contribution in [0.3, 0.4) is 0 Å². The molecule has 1 fully saturated rings. The number of aliphatic hydroxyl groups excluding tert-OH is 1. The molecule has 0 saturated carbocycles.